The number of pyridine rings is 1. The zero-order chi connectivity index (χ0) is 20.2. The molecule has 4 rings (SSSR count). The number of carbonyl (C=O) groups excluding carboxylic acids is 1. The minimum absolute atomic E-state index is 0.160. The number of amides is 1. The number of fused-ring (bicyclic) bond motifs is 1. The fourth-order valence-corrected chi connectivity index (χ4v) is 3.22. The Kier molecular flexibility index (Phi) is 5.24. The van der Waals surface area contributed by atoms with Crippen LogP contribution in [0.1, 0.15) is 29.9 Å². The number of aromatic nitrogens is 5. The van der Waals surface area contributed by atoms with Gasteiger partial charge in [-0.2, -0.15) is 5.10 Å². The summed E-state index contributed by atoms with van der Waals surface area (Å²) in [7, 11) is 0. The first-order chi connectivity index (χ1) is 14.1. The average molecular weight is 389 g/mol. The van der Waals surface area contributed by atoms with Crippen molar-refractivity contribution in [2.45, 2.75) is 26.3 Å². The second kappa shape index (κ2) is 8.14. The molecule has 0 fully saturated rings. The smallest absolute Gasteiger partial charge is 0.254 e. The van der Waals surface area contributed by atoms with Crippen LogP contribution in [0.25, 0.3) is 22.0 Å². The molecule has 0 aliphatic heterocycles. The van der Waals surface area contributed by atoms with Crippen molar-refractivity contribution in [3.63, 3.8) is 0 Å². The minimum atomic E-state index is -0.160. The number of nitrogens with one attached hydrogen (secondary N) is 4. The van der Waals surface area contributed by atoms with Crippen LogP contribution in [0, 0.1) is 0 Å². The molecule has 29 heavy (non-hydrogen) atoms. The van der Waals surface area contributed by atoms with Gasteiger partial charge in [0.25, 0.3) is 5.91 Å². The van der Waals surface area contributed by atoms with Crippen LogP contribution in [-0.4, -0.2) is 43.6 Å². The monoisotopic (exact) mass is 389 g/mol. The largest absolute Gasteiger partial charge is 0.382 e. The summed E-state index contributed by atoms with van der Waals surface area (Å²) in [5, 5.41) is 14.2. The lowest BCUT2D eigenvalue weighted by Crippen LogP contribution is -2.27. The van der Waals surface area contributed by atoms with E-state index in [1.165, 1.54) is 0 Å². The zero-order valence-corrected chi connectivity index (χ0v) is 16.4. The van der Waals surface area contributed by atoms with Gasteiger partial charge in [-0.25, -0.2) is 4.98 Å². The summed E-state index contributed by atoms with van der Waals surface area (Å²) < 4.78 is 0. The third kappa shape index (κ3) is 4.11. The maximum Gasteiger partial charge on any atom is 0.254 e. The fourth-order valence-electron chi connectivity index (χ4n) is 3.22. The molecule has 8 heteroatoms. The molecule has 0 spiro atoms. The number of rotatable bonds is 7. The second-order valence-corrected chi connectivity index (χ2v) is 7.13. The van der Waals surface area contributed by atoms with Crippen LogP contribution in [-0.2, 0) is 6.42 Å². The van der Waals surface area contributed by atoms with Crippen molar-refractivity contribution >= 4 is 22.5 Å². The summed E-state index contributed by atoms with van der Waals surface area (Å²) in [6.45, 7) is 4.59. The number of H-pyrrole nitrogens is 2. The molecule has 0 saturated heterocycles. The van der Waals surface area contributed by atoms with E-state index in [1.807, 2.05) is 44.4 Å². The van der Waals surface area contributed by atoms with Crippen molar-refractivity contribution < 1.29 is 4.79 Å². The van der Waals surface area contributed by atoms with E-state index in [9.17, 15) is 4.79 Å². The van der Waals surface area contributed by atoms with Gasteiger partial charge in [0.05, 0.1) is 35.0 Å². The highest BCUT2D eigenvalue weighted by Gasteiger charge is 2.17. The molecule has 0 aliphatic carbocycles. The lowest BCUT2D eigenvalue weighted by atomic mass is 10.0. The van der Waals surface area contributed by atoms with Gasteiger partial charge in [0.15, 0.2) is 0 Å². The Morgan fingerprint density at radius 2 is 2.03 bits per heavy atom. The molecule has 0 bridgehead atoms. The van der Waals surface area contributed by atoms with E-state index < -0.39 is 0 Å². The highest BCUT2D eigenvalue weighted by molar-refractivity contribution is 6.07. The third-order valence-corrected chi connectivity index (χ3v) is 4.60. The van der Waals surface area contributed by atoms with Crippen molar-refractivity contribution in [3.05, 3.63) is 60.6 Å². The molecule has 4 N–H and O–H groups in total. The first-order valence-electron chi connectivity index (χ1n) is 9.56. The molecule has 0 atom stereocenters. The average Bonchev–Trinajstić information content (AvgIpc) is 3.41. The molecule has 148 valence electrons. The van der Waals surface area contributed by atoms with Crippen molar-refractivity contribution in [3.8, 4) is 11.1 Å². The Labute approximate surface area is 168 Å². The van der Waals surface area contributed by atoms with Crippen LogP contribution in [0.5, 0.6) is 0 Å². The van der Waals surface area contributed by atoms with E-state index in [1.54, 1.807) is 18.7 Å². The Balaban J connectivity index is 1.67. The van der Waals surface area contributed by atoms with Crippen molar-refractivity contribution in [2.75, 3.05) is 11.9 Å². The molecule has 1 aromatic carbocycles. The number of hydrogen-bond acceptors (Lipinski definition) is 5. The van der Waals surface area contributed by atoms with Crippen LogP contribution in [0.3, 0.4) is 0 Å². The van der Waals surface area contributed by atoms with Gasteiger partial charge < -0.3 is 15.6 Å². The van der Waals surface area contributed by atoms with Crippen LogP contribution in [0.4, 0.5) is 5.69 Å². The molecular formula is C21H23N7O. The molecule has 0 aliphatic rings. The van der Waals surface area contributed by atoms with Crippen LogP contribution in [0.2, 0.25) is 0 Å². The van der Waals surface area contributed by atoms with Crippen LogP contribution < -0.4 is 10.6 Å². The van der Waals surface area contributed by atoms with Gasteiger partial charge >= 0.3 is 0 Å². The SMILES string of the molecule is CC(C)Nc1c(C(=O)NCCc2c[nH]cn2)cnc2ccc(-c3cn[nH]c3)cc12. The van der Waals surface area contributed by atoms with Gasteiger partial charge in [0.2, 0.25) is 0 Å². The third-order valence-electron chi connectivity index (χ3n) is 4.60. The molecule has 0 unspecified atom stereocenters. The van der Waals surface area contributed by atoms with Gasteiger partial charge in [-0.15, -0.1) is 0 Å². The minimum Gasteiger partial charge on any atom is -0.382 e. The highest BCUT2D eigenvalue weighted by atomic mass is 16.1. The number of benzene rings is 1. The van der Waals surface area contributed by atoms with Gasteiger partial charge in [-0.3, -0.25) is 14.9 Å². The van der Waals surface area contributed by atoms with Crippen molar-refractivity contribution in [1.29, 1.82) is 0 Å². The lowest BCUT2D eigenvalue weighted by molar-refractivity contribution is 0.0954. The van der Waals surface area contributed by atoms with Gasteiger partial charge in [0.1, 0.15) is 0 Å². The summed E-state index contributed by atoms with van der Waals surface area (Å²) in [4.78, 5) is 24.5. The quantitative estimate of drug-likeness (QED) is 0.388. The summed E-state index contributed by atoms with van der Waals surface area (Å²) in [6.07, 6.45) is 9.37. The topological polar surface area (TPSA) is 111 Å². The van der Waals surface area contributed by atoms with Gasteiger partial charge in [-0.1, -0.05) is 6.07 Å². The van der Waals surface area contributed by atoms with E-state index in [0.29, 0.717) is 18.5 Å². The van der Waals surface area contributed by atoms with E-state index >= 15 is 0 Å². The molecule has 3 aromatic heterocycles. The molecule has 8 nitrogen and oxygen atoms in total. The number of nitrogens with zero attached hydrogens (tertiary/aromatic N) is 3. The lowest BCUT2D eigenvalue weighted by Gasteiger charge is -2.17. The first-order valence-corrected chi connectivity index (χ1v) is 9.56. The molecule has 0 radical (unpaired) electrons. The highest BCUT2D eigenvalue weighted by Crippen LogP contribution is 2.30. The standard InChI is InChI=1S/C21H23N7O/c1-13(2)28-20-17-7-14(15-8-26-27-9-15)3-4-19(17)24-11-18(20)21(29)23-6-5-16-10-22-12-25-16/h3-4,7-13H,5-6H2,1-2H3,(H,22,25)(H,23,29)(H,24,28)(H,26,27). The maximum absolute atomic E-state index is 12.9. The molecule has 4 aromatic rings. The summed E-state index contributed by atoms with van der Waals surface area (Å²) >= 11 is 0. The Morgan fingerprint density at radius 3 is 2.76 bits per heavy atom. The second-order valence-electron chi connectivity index (χ2n) is 7.13. The summed E-state index contributed by atoms with van der Waals surface area (Å²) in [5.41, 5.74) is 5.04. The van der Waals surface area contributed by atoms with Gasteiger partial charge in [0, 0.05) is 48.5 Å². The Morgan fingerprint density at radius 1 is 1.14 bits per heavy atom. The predicted octanol–water partition coefficient (Wildman–Crippen LogP) is 3.14. The van der Waals surface area contributed by atoms with Crippen molar-refractivity contribution in [2.24, 2.45) is 0 Å². The number of carbonyl (C=O) groups is 1. The Hall–Kier alpha value is -3.68. The molecule has 1 amide bonds. The molecule has 0 saturated carbocycles. The fraction of sp³-hybridized carbons (Fsp3) is 0.238. The zero-order valence-electron chi connectivity index (χ0n) is 16.4. The number of aromatic amines is 2. The summed E-state index contributed by atoms with van der Waals surface area (Å²) in [5.74, 6) is -0.160. The van der Waals surface area contributed by atoms with E-state index in [4.69, 9.17) is 0 Å². The summed E-state index contributed by atoms with van der Waals surface area (Å²) in [6, 6.07) is 6.16. The maximum atomic E-state index is 12.9. The molecule has 3 heterocycles. The molecular weight excluding hydrogens is 366 g/mol. The predicted molar refractivity (Wildman–Crippen MR) is 113 cm³/mol. The van der Waals surface area contributed by atoms with Crippen LogP contribution >= 0.6 is 0 Å². The van der Waals surface area contributed by atoms with Crippen LogP contribution in [0.15, 0.2) is 49.3 Å². The number of anilines is 1. The van der Waals surface area contributed by atoms with E-state index in [0.717, 1.165) is 33.4 Å². The van der Waals surface area contributed by atoms with E-state index in [-0.39, 0.29) is 11.9 Å². The van der Waals surface area contributed by atoms with E-state index in [2.05, 4.69) is 35.8 Å². The van der Waals surface area contributed by atoms with Crippen molar-refractivity contribution in [1.82, 2.24) is 30.5 Å². The van der Waals surface area contributed by atoms with Gasteiger partial charge in [-0.05, 0) is 31.5 Å². The number of imidazole rings is 1. The first kappa shape index (κ1) is 18.7. The number of hydrogen-bond donors (Lipinski definition) is 4. The normalized spacial score (nSPS) is 11.1. The Bertz CT molecular complexity index is 1100.